The number of para-hydroxylation sites is 2. The fourth-order valence-corrected chi connectivity index (χ4v) is 3.79. The van der Waals surface area contributed by atoms with Crippen LogP contribution in [0.4, 0.5) is 10.3 Å². The highest BCUT2D eigenvalue weighted by atomic mass is 19.1. The van der Waals surface area contributed by atoms with E-state index >= 15 is 0 Å². The summed E-state index contributed by atoms with van der Waals surface area (Å²) < 4.78 is 21.1. The molecule has 0 unspecified atom stereocenters. The number of aromatic nitrogens is 4. The molecule has 4 rings (SSSR count). The first kappa shape index (κ1) is 23.6. The molecular formula is C25H29FN6O2. The van der Waals surface area contributed by atoms with Crippen LogP contribution in [0, 0.1) is 12.7 Å². The number of hydrogen-bond acceptors (Lipinski definition) is 6. The van der Waals surface area contributed by atoms with Crippen molar-refractivity contribution >= 4 is 22.9 Å². The van der Waals surface area contributed by atoms with Crippen molar-refractivity contribution in [2.75, 3.05) is 25.0 Å². The van der Waals surface area contributed by atoms with Crippen molar-refractivity contribution in [3.63, 3.8) is 0 Å². The molecule has 0 bridgehead atoms. The van der Waals surface area contributed by atoms with Crippen LogP contribution >= 0.6 is 0 Å². The summed E-state index contributed by atoms with van der Waals surface area (Å²) in [5.41, 5.74) is 2.90. The number of carbonyl (C=O) groups excluding carboxylic acids is 1. The summed E-state index contributed by atoms with van der Waals surface area (Å²) in [6.07, 6.45) is 0.427. The maximum absolute atomic E-state index is 13.8. The van der Waals surface area contributed by atoms with Crippen LogP contribution in [0.5, 0.6) is 0 Å². The van der Waals surface area contributed by atoms with Crippen molar-refractivity contribution in [2.45, 2.75) is 40.2 Å². The molecule has 0 fully saturated rings. The molecule has 9 heteroatoms. The van der Waals surface area contributed by atoms with Crippen molar-refractivity contribution < 1.29 is 13.7 Å². The van der Waals surface area contributed by atoms with E-state index in [-0.39, 0.29) is 24.6 Å². The van der Waals surface area contributed by atoms with E-state index in [2.05, 4.69) is 39.2 Å². The second kappa shape index (κ2) is 10.6. The average molecular weight is 465 g/mol. The number of carbonyl (C=O) groups is 1. The van der Waals surface area contributed by atoms with Crippen molar-refractivity contribution in [1.82, 2.24) is 24.6 Å². The summed E-state index contributed by atoms with van der Waals surface area (Å²) in [6, 6.07) is 12.6. The number of amides is 1. The number of hydrogen-bond donors (Lipinski definition) is 1. The number of rotatable bonds is 10. The number of aryl methyl sites for hydroxylation is 2. The minimum Gasteiger partial charge on any atom is -0.339 e. The molecule has 0 atom stereocenters. The van der Waals surface area contributed by atoms with E-state index in [1.165, 1.54) is 6.07 Å². The number of nitrogens with one attached hydrogen (secondary N) is 1. The molecule has 1 N–H and O–H groups in total. The van der Waals surface area contributed by atoms with E-state index in [4.69, 9.17) is 4.52 Å². The lowest BCUT2D eigenvalue weighted by Gasteiger charge is -2.19. The Bertz CT molecular complexity index is 1280. The topological polar surface area (TPSA) is 89.1 Å². The maximum Gasteiger partial charge on any atom is 0.227 e. The highest BCUT2D eigenvalue weighted by molar-refractivity contribution is 5.91. The fourth-order valence-electron chi connectivity index (χ4n) is 3.79. The van der Waals surface area contributed by atoms with Crippen LogP contribution in [0.15, 0.2) is 47.0 Å². The van der Waals surface area contributed by atoms with E-state index in [9.17, 15) is 9.18 Å². The normalized spacial score (nSPS) is 11.4. The van der Waals surface area contributed by atoms with Crippen molar-refractivity contribution in [3.05, 3.63) is 59.7 Å². The lowest BCUT2D eigenvalue weighted by molar-refractivity contribution is -0.116. The Morgan fingerprint density at radius 1 is 1.15 bits per heavy atom. The molecule has 0 aliphatic heterocycles. The molecule has 4 aromatic rings. The zero-order valence-corrected chi connectivity index (χ0v) is 19.7. The largest absolute Gasteiger partial charge is 0.339 e. The monoisotopic (exact) mass is 464 g/mol. The van der Waals surface area contributed by atoms with Gasteiger partial charge in [-0.25, -0.2) is 9.37 Å². The molecule has 0 saturated carbocycles. The van der Waals surface area contributed by atoms with Crippen molar-refractivity contribution in [2.24, 2.45) is 0 Å². The molecule has 2 aromatic heterocycles. The molecule has 0 radical (unpaired) electrons. The number of likely N-dealkylation sites (N-methyl/N-ethyl adjacent to an activating group) is 1. The summed E-state index contributed by atoms with van der Waals surface area (Å²) >= 11 is 0. The summed E-state index contributed by atoms with van der Waals surface area (Å²) in [5, 5.41) is 6.85. The molecule has 178 valence electrons. The highest BCUT2D eigenvalue weighted by Crippen LogP contribution is 2.21. The lowest BCUT2D eigenvalue weighted by Crippen LogP contribution is -2.27. The molecular weight excluding hydrogens is 435 g/mol. The van der Waals surface area contributed by atoms with Crippen LogP contribution in [0.2, 0.25) is 0 Å². The van der Waals surface area contributed by atoms with Gasteiger partial charge < -0.3 is 14.0 Å². The Hall–Kier alpha value is -3.59. The minimum absolute atomic E-state index is 0.156. The predicted octanol–water partition coefficient (Wildman–Crippen LogP) is 4.45. The van der Waals surface area contributed by atoms with Gasteiger partial charge in [-0.05, 0) is 43.8 Å². The van der Waals surface area contributed by atoms with E-state index in [1.807, 2.05) is 28.8 Å². The average Bonchev–Trinajstić information content (AvgIpc) is 3.45. The molecule has 0 aliphatic rings. The molecule has 8 nitrogen and oxygen atoms in total. The Kier molecular flexibility index (Phi) is 7.32. The smallest absolute Gasteiger partial charge is 0.227 e. The SMILES string of the molecule is CCN(CC)CCn1c(NC(=O)CCc2nc(-c3ccc(C)c(F)c3)no2)nc2ccccc21. The fraction of sp³-hybridized carbons (Fsp3) is 0.360. The number of anilines is 1. The number of halogens is 1. The van der Waals surface area contributed by atoms with Gasteiger partial charge in [-0.15, -0.1) is 0 Å². The molecule has 1 amide bonds. The molecule has 2 aromatic carbocycles. The Labute approximate surface area is 197 Å². The molecule has 0 spiro atoms. The van der Waals surface area contributed by atoms with Gasteiger partial charge in [0.2, 0.25) is 23.6 Å². The first-order valence-corrected chi connectivity index (χ1v) is 11.5. The molecule has 0 aliphatic carbocycles. The van der Waals surface area contributed by atoms with Gasteiger partial charge in [0.1, 0.15) is 5.82 Å². The summed E-state index contributed by atoms with van der Waals surface area (Å²) in [5.74, 6) is 0.626. The number of nitrogens with zero attached hydrogens (tertiary/aromatic N) is 5. The van der Waals surface area contributed by atoms with Crippen LogP contribution in [0.1, 0.15) is 31.7 Å². The van der Waals surface area contributed by atoms with E-state index < -0.39 is 0 Å². The van der Waals surface area contributed by atoms with Gasteiger partial charge in [0.25, 0.3) is 0 Å². The van der Waals surface area contributed by atoms with Gasteiger partial charge in [0, 0.05) is 31.5 Å². The second-order valence-corrected chi connectivity index (χ2v) is 8.13. The van der Waals surface area contributed by atoms with Crippen LogP contribution in [0.3, 0.4) is 0 Å². The first-order chi connectivity index (χ1) is 16.5. The zero-order chi connectivity index (χ0) is 24.1. The Morgan fingerprint density at radius 3 is 2.71 bits per heavy atom. The summed E-state index contributed by atoms with van der Waals surface area (Å²) in [7, 11) is 0. The number of fused-ring (bicyclic) bond motifs is 1. The van der Waals surface area contributed by atoms with E-state index in [0.717, 1.165) is 37.2 Å². The lowest BCUT2D eigenvalue weighted by atomic mass is 10.1. The first-order valence-electron chi connectivity index (χ1n) is 11.5. The maximum atomic E-state index is 13.8. The third kappa shape index (κ3) is 5.31. The van der Waals surface area contributed by atoms with Gasteiger partial charge in [0.05, 0.1) is 11.0 Å². The standard InChI is InChI=1S/C25H29FN6O2/c1-4-31(5-2)14-15-32-21-9-7-6-8-20(21)27-25(32)28-22(33)12-13-23-29-24(30-34-23)18-11-10-17(3)19(26)16-18/h6-11,16H,4-5,12-15H2,1-3H3,(H,27,28,33). The van der Waals surface area contributed by atoms with Crippen molar-refractivity contribution in [3.8, 4) is 11.4 Å². The highest BCUT2D eigenvalue weighted by Gasteiger charge is 2.16. The molecule has 34 heavy (non-hydrogen) atoms. The Balaban J connectivity index is 1.42. The number of imidazole rings is 1. The quantitative estimate of drug-likeness (QED) is 0.373. The van der Waals surface area contributed by atoms with Crippen LogP contribution in [0.25, 0.3) is 22.4 Å². The van der Waals surface area contributed by atoms with E-state index in [0.29, 0.717) is 28.8 Å². The zero-order valence-electron chi connectivity index (χ0n) is 19.7. The summed E-state index contributed by atoms with van der Waals surface area (Å²) in [6.45, 7) is 9.47. The Morgan fingerprint density at radius 2 is 1.94 bits per heavy atom. The van der Waals surface area contributed by atoms with Crippen LogP contribution < -0.4 is 5.32 Å². The van der Waals surface area contributed by atoms with Gasteiger partial charge in [-0.2, -0.15) is 4.98 Å². The van der Waals surface area contributed by atoms with E-state index in [1.54, 1.807) is 19.1 Å². The third-order valence-corrected chi connectivity index (χ3v) is 5.90. The number of benzene rings is 2. The summed E-state index contributed by atoms with van der Waals surface area (Å²) in [4.78, 5) is 24.0. The predicted molar refractivity (Wildman–Crippen MR) is 129 cm³/mol. The molecule has 0 saturated heterocycles. The van der Waals surface area contributed by atoms with Crippen LogP contribution in [-0.4, -0.2) is 50.1 Å². The second-order valence-electron chi connectivity index (χ2n) is 8.13. The van der Waals surface area contributed by atoms with Gasteiger partial charge in [0.15, 0.2) is 0 Å². The molecule has 2 heterocycles. The van der Waals surface area contributed by atoms with Crippen LogP contribution in [-0.2, 0) is 17.8 Å². The third-order valence-electron chi connectivity index (χ3n) is 5.90. The van der Waals surface area contributed by atoms with Crippen molar-refractivity contribution in [1.29, 1.82) is 0 Å². The van der Waals surface area contributed by atoms with Gasteiger partial charge >= 0.3 is 0 Å². The van der Waals surface area contributed by atoms with Gasteiger partial charge in [-0.3, -0.25) is 10.1 Å². The minimum atomic E-state index is -0.327. The van der Waals surface area contributed by atoms with Gasteiger partial charge in [-0.1, -0.05) is 43.3 Å².